The van der Waals surface area contributed by atoms with Crippen molar-refractivity contribution < 1.29 is 5.11 Å². The largest absolute Gasteiger partial charge is 0.387 e. The van der Waals surface area contributed by atoms with Crippen molar-refractivity contribution in [2.24, 2.45) is 5.73 Å². The number of pyridine rings is 1. The molecule has 3 N–H and O–H groups in total. The van der Waals surface area contributed by atoms with E-state index in [-0.39, 0.29) is 6.54 Å². The Morgan fingerprint density at radius 2 is 2.20 bits per heavy atom. The topological polar surface area (TPSA) is 59.1 Å². The molecule has 78 valence electrons. The number of aryl methyl sites for hydroxylation is 1. The summed E-state index contributed by atoms with van der Waals surface area (Å²) in [5.41, 5.74) is 8.26. The minimum Gasteiger partial charge on any atom is -0.387 e. The van der Waals surface area contributed by atoms with Gasteiger partial charge in [-0.2, -0.15) is 0 Å². The molecule has 1 unspecified atom stereocenters. The van der Waals surface area contributed by atoms with Gasteiger partial charge in [0.2, 0.25) is 0 Å². The van der Waals surface area contributed by atoms with Gasteiger partial charge in [-0.25, -0.2) is 0 Å². The van der Waals surface area contributed by atoms with Gasteiger partial charge >= 0.3 is 0 Å². The molecule has 0 fully saturated rings. The molecule has 0 aliphatic rings. The van der Waals surface area contributed by atoms with Crippen molar-refractivity contribution in [3.63, 3.8) is 0 Å². The average Bonchev–Trinajstić information content (AvgIpc) is 2.28. The van der Waals surface area contributed by atoms with Gasteiger partial charge in [0.25, 0.3) is 0 Å². The van der Waals surface area contributed by atoms with Gasteiger partial charge in [-0.05, 0) is 18.6 Å². The van der Waals surface area contributed by atoms with E-state index in [0.29, 0.717) is 0 Å². The van der Waals surface area contributed by atoms with E-state index in [9.17, 15) is 5.11 Å². The minimum absolute atomic E-state index is 0.217. The van der Waals surface area contributed by atoms with Gasteiger partial charge in [0.1, 0.15) is 0 Å². The van der Waals surface area contributed by atoms with Crippen LogP contribution in [-0.4, -0.2) is 16.6 Å². The van der Waals surface area contributed by atoms with Crippen LogP contribution in [-0.2, 0) is 0 Å². The number of aliphatic hydroxyl groups is 1. The first kappa shape index (κ1) is 10.1. The molecule has 1 aromatic heterocycles. The summed E-state index contributed by atoms with van der Waals surface area (Å²) in [4.78, 5) is 4.30. The number of aromatic nitrogens is 1. The Labute approximate surface area is 88.6 Å². The fourth-order valence-corrected chi connectivity index (χ4v) is 1.73. The Hall–Kier alpha value is -1.45. The first-order chi connectivity index (χ1) is 7.24. The van der Waals surface area contributed by atoms with Crippen LogP contribution in [0.1, 0.15) is 17.2 Å². The number of rotatable bonds is 2. The highest BCUT2D eigenvalue weighted by Crippen LogP contribution is 2.23. The summed E-state index contributed by atoms with van der Waals surface area (Å²) in [7, 11) is 0. The zero-order valence-electron chi connectivity index (χ0n) is 8.64. The van der Waals surface area contributed by atoms with Crippen LogP contribution in [0.5, 0.6) is 0 Å². The van der Waals surface area contributed by atoms with Gasteiger partial charge in [-0.1, -0.05) is 18.2 Å². The molecule has 0 aliphatic heterocycles. The molecular weight excluding hydrogens is 188 g/mol. The summed E-state index contributed by atoms with van der Waals surface area (Å²) in [5.74, 6) is 0. The van der Waals surface area contributed by atoms with E-state index in [2.05, 4.69) is 4.98 Å². The zero-order chi connectivity index (χ0) is 10.8. The zero-order valence-corrected chi connectivity index (χ0v) is 8.64. The molecule has 15 heavy (non-hydrogen) atoms. The maximum atomic E-state index is 9.75. The van der Waals surface area contributed by atoms with Crippen molar-refractivity contribution >= 4 is 10.9 Å². The second kappa shape index (κ2) is 3.96. The second-order valence-electron chi connectivity index (χ2n) is 3.62. The van der Waals surface area contributed by atoms with Crippen molar-refractivity contribution in [2.75, 3.05) is 6.54 Å². The highest BCUT2D eigenvalue weighted by atomic mass is 16.3. The normalized spacial score (nSPS) is 13.0. The quantitative estimate of drug-likeness (QED) is 0.776. The Balaban J connectivity index is 2.71. The standard InChI is InChI=1S/C12H14N2O/c1-8-5-6-14-12-9(8)3-2-4-10(12)11(15)7-13/h2-6,11,15H,7,13H2,1H3. The molecule has 3 nitrogen and oxygen atoms in total. The van der Waals surface area contributed by atoms with Crippen LogP contribution < -0.4 is 5.73 Å². The Kier molecular flexibility index (Phi) is 2.66. The lowest BCUT2D eigenvalue weighted by Crippen LogP contribution is -2.12. The lowest BCUT2D eigenvalue weighted by molar-refractivity contribution is 0.188. The average molecular weight is 202 g/mol. The number of para-hydroxylation sites is 1. The van der Waals surface area contributed by atoms with E-state index in [0.717, 1.165) is 22.0 Å². The van der Waals surface area contributed by atoms with E-state index < -0.39 is 6.10 Å². The number of nitrogens with zero attached hydrogens (tertiary/aromatic N) is 1. The molecule has 2 aromatic rings. The van der Waals surface area contributed by atoms with Crippen LogP contribution in [0.15, 0.2) is 30.5 Å². The molecular formula is C12H14N2O. The fraction of sp³-hybridized carbons (Fsp3) is 0.250. The maximum absolute atomic E-state index is 9.75. The minimum atomic E-state index is -0.636. The van der Waals surface area contributed by atoms with E-state index in [1.54, 1.807) is 6.20 Å². The van der Waals surface area contributed by atoms with E-state index in [1.807, 2.05) is 31.2 Å². The Morgan fingerprint density at radius 1 is 1.40 bits per heavy atom. The molecule has 0 saturated carbocycles. The van der Waals surface area contributed by atoms with E-state index in [4.69, 9.17) is 5.73 Å². The molecule has 0 spiro atoms. The lowest BCUT2D eigenvalue weighted by atomic mass is 10.0. The van der Waals surface area contributed by atoms with Gasteiger partial charge in [0.05, 0.1) is 11.6 Å². The lowest BCUT2D eigenvalue weighted by Gasteiger charge is -2.11. The highest BCUT2D eigenvalue weighted by molar-refractivity contribution is 5.84. The van der Waals surface area contributed by atoms with Crippen molar-refractivity contribution in [3.05, 3.63) is 41.6 Å². The van der Waals surface area contributed by atoms with Crippen LogP contribution in [0.4, 0.5) is 0 Å². The van der Waals surface area contributed by atoms with Gasteiger partial charge in [0.15, 0.2) is 0 Å². The molecule has 1 heterocycles. The number of aliphatic hydroxyl groups excluding tert-OH is 1. The van der Waals surface area contributed by atoms with Crippen molar-refractivity contribution in [3.8, 4) is 0 Å². The summed E-state index contributed by atoms with van der Waals surface area (Å²) in [6.07, 6.45) is 1.12. The first-order valence-corrected chi connectivity index (χ1v) is 4.96. The summed E-state index contributed by atoms with van der Waals surface area (Å²) in [6, 6.07) is 7.75. The number of fused-ring (bicyclic) bond motifs is 1. The smallest absolute Gasteiger partial charge is 0.0933 e. The SMILES string of the molecule is Cc1ccnc2c(C(O)CN)cccc12. The summed E-state index contributed by atoms with van der Waals surface area (Å²) >= 11 is 0. The monoisotopic (exact) mass is 202 g/mol. The number of benzene rings is 1. The number of hydrogen-bond acceptors (Lipinski definition) is 3. The first-order valence-electron chi connectivity index (χ1n) is 4.96. The molecule has 0 amide bonds. The van der Waals surface area contributed by atoms with Gasteiger partial charge in [0, 0.05) is 23.7 Å². The third kappa shape index (κ3) is 1.71. The maximum Gasteiger partial charge on any atom is 0.0933 e. The summed E-state index contributed by atoms with van der Waals surface area (Å²) in [5, 5.41) is 10.8. The molecule has 0 radical (unpaired) electrons. The molecule has 2 rings (SSSR count). The third-order valence-electron chi connectivity index (χ3n) is 2.60. The van der Waals surface area contributed by atoms with Crippen molar-refractivity contribution in [2.45, 2.75) is 13.0 Å². The van der Waals surface area contributed by atoms with Crippen LogP contribution in [0.2, 0.25) is 0 Å². The van der Waals surface area contributed by atoms with Gasteiger partial charge in [-0.15, -0.1) is 0 Å². The fourth-order valence-electron chi connectivity index (χ4n) is 1.73. The van der Waals surface area contributed by atoms with Gasteiger partial charge < -0.3 is 10.8 Å². The molecule has 1 aromatic carbocycles. The number of nitrogens with two attached hydrogens (primary N) is 1. The Bertz CT molecular complexity index is 482. The van der Waals surface area contributed by atoms with Crippen LogP contribution in [0.3, 0.4) is 0 Å². The van der Waals surface area contributed by atoms with E-state index in [1.165, 1.54) is 0 Å². The van der Waals surface area contributed by atoms with Crippen LogP contribution in [0.25, 0.3) is 10.9 Å². The highest BCUT2D eigenvalue weighted by Gasteiger charge is 2.10. The Morgan fingerprint density at radius 3 is 2.93 bits per heavy atom. The second-order valence-corrected chi connectivity index (χ2v) is 3.62. The third-order valence-corrected chi connectivity index (χ3v) is 2.60. The van der Waals surface area contributed by atoms with Crippen molar-refractivity contribution in [1.82, 2.24) is 4.98 Å². The van der Waals surface area contributed by atoms with Gasteiger partial charge in [-0.3, -0.25) is 4.98 Å². The molecule has 0 aliphatic carbocycles. The number of hydrogen-bond donors (Lipinski definition) is 2. The van der Waals surface area contributed by atoms with Crippen LogP contribution >= 0.6 is 0 Å². The van der Waals surface area contributed by atoms with Crippen LogP contribution in [0, 0.1) is 6.92 Å². The van der Waals surface area contributed by atoms with Crippen molar-refractivity contribution in [1.29, 1.82) is 0 Å². The molecule has 3 heteroatoms. The summed E-state index contributed by atoms with van der Waals surface area (Å²) < 4.78 is 0. The molecule has 0 saturated heterocycles. The predicted octanol–water partition coefficient (Wildman–Crippen LogP) is 1.54. The molecule has 0 bridgehead atoms. The summed E-state index contributed by atoms with van der Waals surface area (Å²) in [6.45, 7) is 2.25. The molecule has 1 atom stereocenters. The van der Waals surface area contributed by atoms with E-state index >= 15 is 0 Å². The predicted molar refractivity (Wildman–Crippen MR) is 60.5 cm³/mol.